The molecule has 3 rings (SSSR count). The molecule has 2 heterocycles. The number of hydrogen-bond acceptors (Lipinski definition) is 4. The van der Waals surface area contributed by atoms with Crippen LogP contribution >= 0.6 is 11.3 Å². The monoisotopic (exact) mass is 313 g/mol. The van der Waals surface area contributed by atoms with Gasteiger partial charge in [0.1, 0.15) is 5.69 Å². The maximum Gasteiger partial charge on any atom is 0.107 e. The van der Waals surface area contributed by atoms with Crippen LogP contribution in [0.3, 0.4) is 0 Å². The number of hydrogen-bond donors (Lipinski definition) is 2. The van der Waals surface area contributed by atoms with Gasteiger partial charge in [-0.1, -0.05) is 24.3 Å². The lowest BCUT2D eigenvalue weighted by Gasteiger charge is -2.06. The predicted octanol–water partition coefficient (Wildman–Crippen LogP) is 3.07. The Morgan fingerprint density at radius 3 is 2.73 bits per heavy atom. The van der Waals surface area contributed by atoms with E-state index >= 15 is 0 Å². The fourth-order valence-corrected chi connectivity index (χ4v) is 3.03. The van der Waals surface area contributed by atoms with Gasteiger partial charge >= 0.3 is 0 Å². The minimum absolute atomic E-state index is 0.352. The van der Waals surface area contributed by atoms with E-state index < -0.39 is 0 Å². The summed E-state index contributed by atoms with van der Waals surface area (Å²) in [7, 11) is 0. The molecule has 1 aromatic carbocycles. The topological polar surface area (TPSA) is 50.1 Å². The first kappa shape index (κ1) is 15.0. The minimum atomic E-state index is -0.352. The zero-order valence-electron chi connectivity index (χ0n) is 12.4. The number of aliphatic hydroxyl groups is 1. The molecule has 5 heteroatoms. The molecule has 0 fully saturated rings. The molecule has 0 spiro atoms. The van der Waals surface area contributed by atoms with Gasteiger partial charge in [-0.2, -0.15) is 5.10 Å². The highest BCUT2D eigenvalue weighted by atomic mass is 32.1. The molecule has 22 heavy (non-hydrogen) atoms. The van der Waals surface area contributed by atoms with Crippen molar-refractivity contribution in [2.24, 2.45) is 0 Å². The third-order valence-electron chi connectivity index (χ3n) is 3.32. The molecule has 0 radical (unpaired) electrons. The molecule has 2 aromatic heterocycles. The second-order valence-corrected chi connectivity index (χ2v) is 6.19. The average Bonchev–Trinajstić information content (AvgIpc) is 3.16. The van der Waals surface area contributed by atoms with Gasteiger partial charge in [-0.25, -0.2) is 4.68 Å². The van der Waals surface area contributed by atoms with E-state index in [0.29, 0.717) is 13.1 Å². The standard InChI is InChI=1S/C17H19N3OS/c1-13(21)10-18-11-14-12-20(15-6-3-2-4-7-15)19-17(14)16-8-5-9-22-16/h2-9,12-13,18,21H,10-11H2,1H3. The minimum Gasteiger partial charge on any atom is -0.392 e. The second-order valence-electron chi connectivity index (χ2n) is 5.24. The molecule has 0 amide bonds. The second kappa shape index (κ2) is 6.87. The van der Waals surface area contributed by atoms with Crippen LogP contribution < -0.4 is 5.32 Å². The average molecular weight is 313 g/mol. The number of aliphatic hydroxyl groups excluding tert-OH is 1. The van der Waals surface area contributed by atoms with Gasteiger partial charge in [-0.3, -0.25) is 0 Å². The molecule has 0 aliphatic heterocycles. The normalized spacial score (nSPS) is 12.5. The Labute approximate surface area is 134 Å². The van der Waals surface area contributed by atoms with E-state index in [9.17, 15) is 5.11 Å². The molecule has 1 atom stereocenters. The van der Waals surface area contributed by atoms with Crippen molar-refractivity contribution in [3.05, 3.63) is 59.6 Å². The summed E-state index contributed by atoms with van der Waals surface area (Å²) in [5, 5.41) is 19.5. The summed E-state index contributed by atoms with van der Waals surface area (Å²) in [6.45, 7) is 3.03. The van der Waals surface area contributed by atoms with Crippen LogP contribution in [0.25, 0.3) is 16.3 Å². The first-order valence-corrected chi connectivity index (χ1v) is 8.18. The maximum atomic E-state index is 9.39. The fourth-order valence-electron chi connectivity index (χ4n) is 2.29. The van der Waals surface area contributed by atoms with Gasteiger partial charge in [0.05, 0.1) is 16.7 Å². The quantitative estimate of drug-likeness (QED) is 0.735. The summed E-state index contributed by atoms with van der Waals surface area (Å²) < 4.78 is 1.91. The lowest BCUT2D eigenvalue weighted by Crippen LogP contribution is -2.23. The summed E-state index contributed by atoms with van der Waals surface area (Å²) in [6.07, 6.45) is 1.70. The Morgan fingerprint density at radius 2 is 2.05 bits per heavy atom. The van der Waals surface area contributed by atoms with E-state index in [4.69, 9.17) is 5.10 Å². The van der Waals surface area contributed by atoms with Crippen molar-refractivity contribution in [2.75, 3.05) is 6.54 Å². The molecular formula is C17H19N3OS. The Balaban J connectivity index is 1.91. The van der Waals surface area contributed by atoms with Crippen molar-refractivity contribution in [1.82, 2.24) is 15.1 Å². The molecule has 2 N–H and O–H groups in total. The highest BCUT2D eigenvalue weighted by Gasteiger charge is 2.13. The first-order valence-electron chi connectivity index (χ1n) is 7.30. The molecule has 0 aliphatic carbocycles. The van der Waals surface area contributed by atoms with Crippen molar-refractivity contribution in [2.45, 2.75) is 19.6 Å². The van der Waals surface area contributed by atoms with Crippen molar-refractivity contribution in [3.8, 4) is 16.3 Å². The lowest BCUT2D eigenvalue weighted by atomic mass is 10.2. The third-order valence-corrected chi connectivity index (χ3v) is 4.20. The van der Waals surface area contributed by atoms with Gasteiger partial charge < -0.3 is 10.4 Å². The summed E-state index contributed by atoms with van der Waals surface area (Å²) >= 11 is 1.69. The summed E-state index contributed by atoms with van der Waals surface area (Å²) in [5.74, 6) is 0. The molecule has 0 aliphatic rings. The number of thiophene rings is 1. The predicted molar refractivity (Wildman–Crippen MR) is 90.3 cm³/mol. The molecule has 0 saturated carbocycles. The number of benzene rings is 1. The van der Waals surface area contributed by atoms with Crippen LogP contribution in [0.2, 0.25) is 0 Å². The summed E-state index contributed by atoms with van der Waals surface area (Å²) in [5.41, 5.74) is 3.17. The van der Waals surface area contributed by atoms with Gasteiger partial charge in [0.25, 0.3) is 0 Å². The van der Waals surface area contributed by atoms with Crippen LogP contribution in [-0.2, 0) is 6.54 Å². The molecule has 3 aromatic rings. The van der Waals surface area contributed by atoms with Crippen LogP contribution in [0.5, 0.6) is 0 Å². The van der Waals surface area contributed by atoms with Crippen LogP contribution in [-0.4, -0.2) is 27.5 Å². The fraction of sp³-hybridized carbons (Fsp3) is 0.235. The lowest BCUT2D eigenvalue weighted by molar-refractivity contribution is 0.191. The number of nitrogens with one attached hydrogen (secondary N) is 1. The number of nitrogens with zero attached hydrogens (tertiary/aromatic N) is 2. The molecule has 0 saturated heterocycles. The van der Waals surface area contributed by atoms with Crippen molar-refractivity contribution in [1.29, 1.82) is 0 Å². The highest BCUT2D eigenvalue weighted by Crippen LogP contribution is 2.27. The molecule has 1 unspecified atom stereocenters. The Morgan fingerprint density at radius 1 is 1.23 bits per heavy atom. The smallest absolute Gasteiger partial charge is 0.107 e. The highest BCUT2D eigenvalue weighted by molar-refractivity contribution is 7.13. The van der Waals surface area contributed by atoms with Gasteiger partial charge in [0.2, 0.25) is 0 Å². The SMILES string of the molecule is CC(O)CNCc1cn(-c2ccccc2)nc1-c1cccs1. The summed E-state index contributed by atoms with van der Waals surface area (Å²) in [4.78, 5) is 1.16. The number of aromatic nitrogens is 2. The van der Waals surface area contributed by atoms with E-state index in [-0.39, 0.29) is 6.10 Å². The Kier molecular flexibility index (Phi) is 4.68. The largest absolute Gasteiger partial charge is 0.392 e. The third kappa shape index (κ3) is 3.44. The molecule has 4 nitrogen and oxygen atoms in total. The Bertz CT molecular complexity index is 705. The van der Waals surface area contributed by atoms with E-state index in [2.05, 4.69) is 23.0 Å². The first-order chi connectivity index (χ1) is 10.7. The van der Waals surface area contributed by atoms with E-state index in [0.717, 1.165) is 21.8 Å². The zero-order chi connectivity index (χ0) is 15.4. The van der Waals surface area contributed by atoms with Crippen LogP contribution in [0, 0.1) is 0 Å². The van der Waals surface area contributed by atoms with Crippen LogP contribution in [0.15, 0.2) is 54.0 Å². The maximum absolute atomic E-state index is 9.39. The zero-order valence-corrected chi connectivity index (χ0v) is 13.3. The van der Waals surface area contributed by atoms with Crippen LogP contribution in [0.4, 0.5) is 0 Å². The van der Waals surface area contributed by atoms with Gasteiger partial charge in [-0.05, 0) is 30.5 Å². The summed E-state index contributed by atoms with van der Waals surface area (Å²) in [6, 6.07) is 14.2. The van der Waals surface area contributed by atoms with E-state index in [1.54, 1.807) is 18.3 Å². The number of rotatable bonds is 6. The molecular weight excluding hydrogens is 294 g/mol. The Hall–Kier alpha value is -1.95. The van der Waals surface area contributed by atoms with Gasteiger partial charge in [-0.15, -0.1) is 11.3 Å². The van der Waals surface area contributed by atoms with Crippen molar-refractivity contribution >= 4 is 11.3 Å². The van der Waals surface area contributed by atoms with Crippen LogP contribution in [0.1, 0.15) is 12.5 Å². The molecule has 0 bridgehead atoms. The van der Waals surface area contributed by atoms with Gasteiger partial charge in [0, 0.05) is 24.8 Å². The van der Waals surface area contributed by atoms with Crippen molar-refractivity contribution < 1.29 is 5.11 Å². The van der Waals surface area contributed by atoms with Crippen molar-refractivity contribution in [3.63, 3.8) is 0 Å². The van der Waals surface area contributed by atoms with E-state index in [1.165, 1.54) is 0 Å². The van der Waals surface area contributed by atoms with Gasteiger partial charge in [0.15, 0.2) is 0 Å². The number of para-hydroxylation sites is 1. The van der Waals surface area contributed by atoms with E-state index in [1.807, 2.05) is 41.1 Å². The molecule has 114 valence electrons.